The fraction of sp³-hybridized carbons (Fsp3) is 0.700. The summed E-state index contributed by atoms with van der Waals surface area (Å²) in [6.07, 6.45) is -1.70. The Morgan fingerprint density at radius 3 is 2.00 bits per heavy atom. The van der Waals surface area contributed by atoms with Gasteiger partial charge in [-0.2, -0.15) is 0 Å². The maximum atomic E-state index is 10.9. The van der Waals surface area contributed by atoms with Gasteiger partial charge in [0.25, 0.3) is 0 Å². The second kappa shape index (κ2) is 8.37. The first-order chi connectivity index (χ1) is 7.95. The molecule has 0 aliphatic heterocycles. The summed E-state index contributed by atoms with van der Waals surface area (Å²) in [6, 6.07) is 0. The van der Waals surface area contributed by atoms with Gasteiger partial charge < -0.3 is 18.9 Å². The second-order valence-electron chi connectivity index (χ2n) is 3.03. The van der Waals surface area contributed by atoms with Crippen molar-refractivity contribution in [3.05, 3.63) is 0 Å². The average molecular weight is 248 g/mol. The first kappa shape index (κ1) is 15.2. The van der Waals surface area contributed by atoms with Gasteiger partial charge in [-0.15, -0.1) is 0 Å². The largest absolute Gasteiger partial charge is 0.508 e. The number of hydrogen-bond acceptors (Lipinski definition) is 7. The van der Waals surface area contributed by atoms with E-state index in [1.54, 1.807) is 6.92 Å². The van der Waals surface area contributed by atoms with E-state index in [-0.39, 0.29) is 19.8 Å². The lowest BCUT2D eigenvalue weighted by Crippen LogP contribution is -2.29. The number of hydrogen-bond donors (Lipinski definition) is 0. The minimum Gasteiger partial charge on any atom is -0.462 e. The van der Waals surface area contributed by atoms with Crippen molar-refractivity contribution >= 4 is 18.1 Å². The van der Waals surface area contributed by atoms with Gasteiger partial charge in [0.1, 0.15) is 13.2 Å². The summed E-state index contributed by atoms with van der Waals surface area (Å²) in [5.41, 5.74) is 0. The maximum Gasteiger partial charge on any atom is 0.508 e. The maximum absolute atomic E-state index is 10.9. The molecule has 0 fully saturated rings. The predicted octanol–water partition coefficient (Wildman–Crippen LogP) is 0.654. The summed E-state index contributed by atoms with van der Waals surface area (Å²) < 4.78 is 18.6. The highest BCUT2D eigenvalue weighted by Crippen LogP contribution is 1.98. The fourth-order valence-electron chi connectivity index (χ4n) is 0.882. The molecule has 0 aromatic rings. The molecule has 1 atom stereocenters. The van der Waals surface area contributed by atoms with Crippen LogP contribution in [0.4, 0.5) is 4.79 Å². The molecule has 0 aromatic carbocycles. The highest BCUT2D eigenvalue weighted by molar-refractivity contribution is 5.67. The number of esters is 2. The van der Waals surface area contributed by atoms with Crippen LogP contribution in [0.25, 0.3) is 0 Å². The molecule has 7 nitrogen and oxygen atoms in total. The Hall–Kier alpha value is -1.79. The van der Waals surface area contributed by atoms with Crippen LogP contribution in [0.5, 0.6) is 0 Å². The summed E-state index contributed by atoms with van der Waals surface area (Å²) in [6.45, 7) is 3.83. The molecule has 0 heterocycles. The van der Waals surface area contributed by atoms with Crippen LogP contribution in [0.2, 0.25) is 0 Å². The summed E-state index contributed by atoms with van der Waals surface area (Å²) in [5.74, 6) is -1.08. The minimum atomic E-state index is -0.868. The Balaban J connectivity index is 4.04. The third kappa shape index (κ3) is 9.16. The minimum absolute atomic E-state index is 0.172. The molecule has 0 saturated heterocycles. The summed E-state index contributed by atoms with van der Waals surface area (Å²) in [5, 5.41) is 0. The van der Waals surface area contributed by atoms with Gasteiger partial charge in [-0.25, -0.2) is 4.79 Å². The molecule has 0 amide bonds. The van der Waals surface area contributed by atoms with Gasteiger partial charge in [0, 0.05) is 13.8 Å². The van der Waals surface area contributed by atoms with Crippen molar-refractivity contribution in [1.29, 1.82) is 0 Å². The molecular formula is C10H16O7. The topological polar surface area (TPSA) is 88.1 Å². The van der Waals surface area contributed by atoms with E-state index in [1.807, 2.05) is 0 Å². The van der Waals surface area contributed by atoms with Crippen LogP contribution in [0.3, 0.4) is 0 Å². The summed E-state index contributed by atoms with van der Waals surface area (Å²) in [7, 11) is 0. The Morgan fingerprint density at radius 1 is 0.941 bits per heavy atom. The van der Waals surface area contributed by atoms with Gasteiger partial charge in [0.05, 0.1) is 6.61 Å². The van der Waals surface area contributed by atoms with Crippen molar-refractivity contribution in [3.8, 4) is 0 Å². The molecular weight excluding hydrogens is 232 g/mol. The standard InChI is InChI=1S/C10H16O7/c1-4-14-10(13)16-6-9(17-8(3)12)5-15-7(2)11/h9H,4-6H2,1-3H3. The Kier molecular flexibility index (Phi) is 7.49. The Bertz CT molecular complexity index is 274. The second-order valence-corrected chi connectivity index (χ2v) is 3.03. The SMILES string of the molecule is CCOC(=O)OCC(COC(C)=O)OC(C)=O. The molecule has 0 aromatic heterocycles. The van der Waals surface area contributed by atoms with Crippen molar-refractivity contribution in [1.82, 2.24) is 0 Å². The van der Waals surface area contributed by atoms with Gasteiger partial charge in [0.15, 0.2) is 6.10 Å². The van der Waals surface area contributed by atoms with Crippen molar-refractivity contribution in [2.45, 2.75) is 26.9 Å². The van der Waals surface area contributed by atoms with Crippen molar-refractivity contribution in [2.24, 2.45) is 0 Å². The van der Waals surface area contributed by atoms with E-state index in [1.165, 1.54) is 13.8 Å². The number of ether oxygens (including phenoxy) is 4. The zero-order valence-corrected chi connectivity index (χ0v) is 10.1. The van der Waals surface area contributed by atoms with Crippen molar-refractivity contribution in [2.75, 3.05) is 19.8 Å². The van der Waals surface area contributed by atoms with Gasteiger partial charge in [-0.1, -0.05) is 0 Å². The Labute approximate surface area is 99.0 Å². The Morgan fingerprint density at radius 2 is 1.53 bits per heavy atom. The van der Waals surface area contributed by atoms with Crippen LogP contribution in [0.1, 0.15) is 20.8 Å². The predicted molar refractivity (Wildman–Crippen MR) is 55.2 cm³/mol. The van der Waals surface area contributed by atoms with Gasteiger partial charge in [-0.05, 0) is 6.92 Å². The zero-order valence-electron chi connectivity index (χ0n) is 10.1. The van der Waals surface area contributed by atoms with Gasteiger partial charge in [0.2, 0.25) is 0 Å². The van der Waals surface area contributed by atoms with E-state index in [2.05, 4.69) is 14.2 Å². The number of rotatable bonds is 6. The zero-order chi connectivity index (χ0) is 13.3. The lowest BCUT2D eigenvalue weighted by atomic mass is 10.4. The third-order valence-electron chi connectivity index (χ3n) is 1.45. The molecule has 0 aliphatic rings. The van der Waals surface area contributed by atoms with Crippen LogP contribution < -0.4 is 0 Å². The fourth-order valence-corrected chi connectivity index (χ4v) is 0.882. The molecule has 0 N–H and O–H groups in total. The van der Waals surface area contributed by atoms with E-state index >= 15 is 0 Å². The van der Waals surface area contributed by atoms with E-state index in [0.29, 0.717) is 0 Å². The number of carbonyl (C=O) groups excluding carboxylic acids is 3. The quantitative estimate of drug-likeness (QED) is 0.503. The molecule has 0 bridgehead atoms. The van der Waals surface area contributed by atoms with E-state index in [4.69, 9.17) is 4.74 Å². The lowest BCUT2D eigenvalue weighted by Gasteiger charge is -2.16. The van der Waals surface area contributed by atoms with Crippen LogP contribution in [0.15, 0.2) is 0 Å². The molecule has 98 valence electrons. The van der Waals surface area contributed by atoms with Crippen LogP contribution in [-0.2, 0) is 28.5 Å². The van der Waals surface area contributed by atoms with E-state index in [0.717, 1.165) is 0 Å². The van der Waals surface area contributed by atoms with Crippen LogP contribution >= 0.6 is 0 Å². The summed E-state index contributed by atoms with van der Waals surface area (Å²) in [4.78, 5) is 32.2. The average Bonchev–Trinajstić information content (AvgIpc) is 2.21. The van der Waals surface area contributed by atoms with Gasteiger partial charge >= 0.3 is 18.1 Å². The van der Waals surface area contributed by atoms with Crippen molar-refractivity contribution in [3.63, 3.8) is 0 Å². The molecule has 0 rings (SSSR count). The first-order valence-corrected chi connectivity index (χ1v) is 5.05. The van der Waals surface area contributed by atoms with Crippen LogP contribution in [-0.4, -0.2) is 44.0 Å². The molecule has 1 unspecified atom stereocenters. The molecule has 17 heavy (non-hydrogen) atoms. The highest BCUT2D eigenvalue weighted by Gasteiger charge is 2.17. The molecule has 0 aliphatic carbocycles. The normalized spacial score (nSPS) is 11.2. The third-order valence-corrected chi connectivity index (χ3v) is 1.45. The molecule has 0 saturated carbocycles. The molecule has 0 spiro atoms. The monoisotopic (exact) mass is 248 g/mol. The smallest absolute Gasteiger partial charge is 0.462 e. The van der Waals surface area contributed by atoms with E-state index in [9.17, 15) is 14.4 Å². The van der Waals surface area contributed by atoms with Crippen molar-refractivity contribution < 1.29 is 33.3 Å². The summed E-state index contributed by atoms with van der Waals surface area (Å²) >= 11 is 0. The lowest BCUT2D eigenvalue weighted by molar-refractivity contribution is -0.159. The van der Waals surface area contributed by atoms with Crippen LogP contribution in [0, 0.1) is 0 Å². The number of carbonyl (C=O) groups is 3. The highest BCUT2D eigenvalue weighted by atomic mass is 16.7. The van der Waals surface area contributed by atoms with E-state index < -0.39 is 24.2 Å². The first-order valence-electron chi connectivity index (χ1n) is 5.05. The van der Waals surface area contributed by atoms with Gasteiger partial charge in [-0.3, -0.25) is 9.59 Å². The molecule has 7 heteroatoms. The molecule has 0 radical (unpaired) electrons.